The number of anilines is 1. The van der Waals surface area contributed by atoms with E-state index in [2.05, 4.69) is 0 Å². The van der Waals surface area contributed by atoms with Gasteiger partial charge in [0.1, 0.15) is 6.54 Å². The average molecular weight is 419 g/mol. The molecule has 0 aliphatic carbocycles. The van der Waals surface area contributed by atoms with Crippen molar-refractivity contribution in [3.63, 3.8) is 0 Å². The second-order valence-electron chi connectivity index (χ2n) is 5.21. The summed E-state index contributed by atoms with van der Waals surface area (Å²) in [6.45, 7) is 0.515. The Balaban J connectivity index is 2.67. The lowest BCUT2D eigenvalue weighted by Crippen LogP contribution is -2.36. The number of nitro benzene ring substituents is 1. The Hall–Kier alpha value is -2.36. The number of carboxylic acids is 1. The highest BCUT2D eigenvalue weighted by molar-refractivity contribution is 7.92. The van der Waals surface area contributed by atoms with E-state index in [9.17, 15) is 23.3 Å². The number of sulfonamides is 1. The van der Waals surface area contributed by atoms with Crippen LogP contribution in [0.25, 0.3) is 0 Å². The molecule has 0 radical (unpaired) electrons. The number of aryl methyl sites for hydroxylation is 1. The van der Waals surface area contributed by atoms with Crippen LogP contribution in [0.3, 0.4) is 0 Å². The van der Waals surface area contributed by atoms with Gasteiger partial charge in [0.15, 0.2) is 0 Å². The van der Waals surface area contributed by atoms with E-state index >= 15 is 0 Å². The Kier molecular flexibility index (Phi) is 5.74. The fourth-order valence-corrected chi connectivity index (χ4v) is 4.05. The summed E-state index contributed by atoms with van der Waals surface area (Å²) in [5.74, 6) is -1.44. The van der Waals surface area contributed by atoms with Crippen LogP contribution in [0.2, 0.25) is 10.0 Å². The minimum absolute atomic E-state index is 0.0409. The van der Waals surface area contributed by atoms with Crippen molar-refractivity contribution in [3.8, 4) is 0 Å². The van der Waals surface area contributed by atoms with Crippen molar-refractivity contribution in [2.45, 2.75) is 11.8 Å². The highest BCUT2D eigenvalue weighted by atomic mass is 35.5. The van der Waals surface area contributed by atoms with Crippen LogP contribution in [-0.2, 0) is 14.8 Å². The van der Waals surface area contributed by atoms with Crippen LogP contribution < -0.4 is 4.31 Å². The summed E-state index contributed by atoms with van der Waals surface area (Å²) < 4.78 is 26.5. The summed E-state index contributed by atoms with van der Waals surface area (Å²) in [6.07, 6.45) is 0. The molecule has 0 atom stereocenters. The van der Waals surface area contributed by atoms with Gasteiger partial charge in [0.25, 0.3) is 15.7 Å². The van der Waals surface area contributed by atoms with Crippen LogP contribution in [0, 0.1) is 17.0 Å². The monoisotopic (exact) mass is 418 g/mol. The Labute approximate surface area is 158 Å². The molecule has 11 heteroatoms. The van der Waals surface area contributed by atoms with Gasteiger partial charge in [-0.1, -0.05) is 29.3 Å². The topological polar surface area (TPSA) is 118 Å². The van der Waals surface area contributed by atoms with Gasteiger partial charge >= 0.3 is 5.97 Å². The molecule has 26 heavy (non-hydrogen) atoms. The first-order valence-electron chi connectivity index (χ1n) is 6.98. The molecule has 2 rings (SSSR count). The van der Waals surface area contributed by atoms with E-state index in [-0.39, 0.29) is 21.3 Å². The molecule has 0 aliphatic rings. The maximum Gasteiger partial charge on any atom is 0.324 e. The number of carbonyl (C=O) groups is 1. The molecule has 0 aromatic heterocycles. The predicted molar refractivity (Wildman–Crippen MR) is 96.5 cm³/mol. The summed E-state index contributed by atoms with van der Waals surface area (Å²) in [5, 5.41) is 20.3. The number of nitro groups is 1. The lowest BCUT2D eigenvalue weighted by molar-refractivity contribution is -0.385. The minimum Gasteiger partial charge on any atom is -0.480 e. The number of carboxylic acid groups (broad SMARTS) is 1. The van der Waals surface area contributed by atoms with Crippen LogP contribution in [-0.4, -0.2) is 31.0 Å². The maximum atomic E-state index is 13.0. The third kappa shape index (κ3) is 4.06. The zero-order chi connectivity index (χ0) is 19.6. The Morgan fingerprint density at radius 3 is 2.46 bits per heavy atom. The zero-order valence-corrected chi connectivity index (χ0v) is 15.5. The number of nitrogens with zero attached hydrogens (tertiary/aromatic N) is 2. The van der Waals surface area contributed by atoms with Crippen molar-refractivity contribution in [1.29, 1.82) is 0 Å². The Morgan fingerprint density at radius 2 is 1.88 bits per heavy atom. The van der Waals surface area contributed by atoms with E-state index in [1.807, 2.05) is 0 Å². The van der Waals surface area contributed by atoms with E-state index in [0.717, 1.165) is 12.1 Å². The van der Waals surface area contributed by atoms with E-state index < -0.39 is 38.0 Å². The van der Waals surface area contributed by atoms with E-state index in [4.69, 9.17) is 28.3 Å². The standard InChI is InChI=1S/C15H12Cl2N2O6S/c1-9-2-4-11(7-13(9)19(22)23)26(24,25)18(8-15(20)21)14-6-10(16)3-5-12(14)17/h2-7H,8H2,1H3,(H,20,21). The molecule has 0 fully saturated rings. The van der Waals surface area contributed by atoms with Gasteiger partial charge in [-0.25, -0.2) is 8.42 Å². The van der Waals surface area contributed by atoms with Crippen molar-refractivity contribution in [2.75, 3.05) is 10.8 Å². The van der Waals surface area contributed by atoms with E-state index in [1.54, 1.807) is 0 Å². The van der Waals surface area contributed by atoms with Crippen LogP contribution in [0.15, 0.2) is 41.3 Å². The van der Waals surface area contributed by atoms with Crippen molar-refractivity contribution < 1.29 is 23.2 Å². The minimum atomic E-state index is -4.46. The first kappa shape index (κ1) is 20.0. The van der Waals surface area contributed by atoms with Gasteiger partial charge in [0.05, 0.1) is 20.5 Å². The number of halogens is 2. The van der Waals surface area contributed by atoms with Crippen LogP contribution in [0.5, 0.6) is 0 Å². The molecule has 0 saturated heterocycles. The van der Waals surface area contributed by atoms with Gasteiger partial charge < -0.3 is 5.11 Å². The largest absolute Gasteiger partial charge is 0.480 e. The van der Waals surface area contributed by atoms with Gasteiger partial charge in [-0.15, -0.1) is 0 Å². The Bertz CT molecular complexity index is 994. The van der Waals surface area contributed by atoms with Gasteiger partial charge in [0.2, 0.25) is 0 Å². The van der Waals surface area contributed by atoms with Crippen LogP contribution >= 0.6 is 23.2 Å². The number of benzene rings is 2. The van der Waals surface area contributed by atoms with Crippen molar-refractivity contribution in [2.24, 2.45) is 0 Å². The number of rotatable bonds is 6. The summed E-state index contributed by atoms with van der Waals surface area (Å²) in [5.41, 5.74) is -0.289. The van der Waals surface area contributed by atoms with E-state index in [0.29, 0.717) is 4.31 Å². The number of aliphatic carboxylic acids is 1. The second-order valence-corrected chi connectivity index (χ2v) is 7.91. The first-order valence-corrected chi connectivity index (χ1v) is 9.18. The molecule has 8 nitrogen and oxygen atoms in total. The summed E-state index contributed by atoms with van der Waals surface area (Å²) >= 11 is 11.9. The molecule has 2 aromatic rings. The summed E-state index contributed by atoms with van der Waals surface area (Å²) in [7, 11) is -4.46. The molecule has 0 aliphatic heterocycles. The normalized spacial score (nSPS) is 11.2. The molecule has 0 bridgehead atoms. The highest BCUT2D eigenvalue weighted by Crippen LogP contribution is 2.34. The van der Waals surface area contributed by atoms with Crippen LogP contribution in [0.1, 0.15) is 5.56 Å². The summed E-state index contributed by atoms with van der Waals surface area (Å²) in [6, 6.07) is 7.23. The summed E-state index contributed by atoms with van der Waals surface area (Å²) in [4.78, 5) is 21.1. The predicted octanol–water partition coefficient (Wildman–Crippen LogP) is 3.49. The number of hydrogen-bond acceptors (Lipinski definition) is 5. The van der Waals surface area contributed by atoms with Crippen LogP contribution in [0.4, 0.5) is 11.4 Å². The van der Waals surface area contributed by atoms with Crippen molar-refractivity contribution >= 4 is 50.6 Å². The van der Waals surface area contributed by atoms with E-state index in [1.165, 1.54) is 31.2 Å². The third-order valence-electron chi connectivity index (χ3n) is 3.42. The third-order valence-corrected chi connectivity index (χ3v) is 5.73. The maximum absolute atomic E-state index is 13.0. The fourth-order valence-electron chi connectivity index (χ4n) is 2.17. The van der Waals surface area contributed by atoms with Gasteiger partial charge in [-0.2, -0.15) is 0 Å². The zero-order valence-electron chi connectivity index (χ0n) is 13.2. The fraction of sp³-hybridized carbons (Fsp3) is 0.133. The highest BCUT2D eigenvalue weighted by Gasteiger charge is 2.30. The molecule has 2 aromatic carbocycles. The molecule has 0 saturated carbocycles. The second kappa shape index (κ2) is 7.48. The smallest absolute Gasteiger partial charge is 0.324 e. The quantitative estimate of drug-likeness (QED) is 0.566. The molecule has 0 spiro atoms. The average Bonchev–Trinajstić information content (AvgIpc) is 2.54. The van der Waals surface area contributed by atoms with Gasteiger partial charge in [0, 0.05) is 16.7 Å². The lowest BCUT2D eigenvalue weighted by atomic mass is 10.2. The Morgan fingerprint density at radius 1 is 1.23 bits per heavy atom. The molecule has 1 N–H and O–H groups in total. The lowest BCUT2D eigenvalue weighted by Gasteiger charge is -2.24. The molecule has 0 heterocycles. The first-order chi connectivity index (χ1) is 12.0. The van der Waals surface area contributed by atoms with Gasteiger partial charge in [-0.05, 0) is 31.2 Å². The molecule has 0 amide bonds. The van der Waals surface area contributed by atoms with Gasteiger partial charge in [-0.3, -0.25) is 19.2 Å². The molecule has 138 valence electrons. The molecule has 0 unspecified atom stereocenters. The SMILES string of the molecule is Cc1ccc(S(=O)(=O)N(CC(=O)O)c2cc(Cl)ccc2Cl)cc1[N+](=O)[O-]. The van der Waals surface area contributed by atoms with Crippen molar-refractivity contribution in [1.82, 2.24) is 0 Å². The molecular formula is C15H12Cl2N2O6S. The molecular weight excluding hydrogens is 407 g/mol. The number of hydrogen-bond donors (Lipinski definition) is 1. The van der Waals surface area contributed by atoms with Crippen molar-refractivity contribution in [3.05, 3.63) is 62.1 Å².